The molecule has 1 rings (SSSR count). The van der Waals surface area contributed by atoms with Crippen molar-refractivity contribution in [2.75, 3.05) is 13.7 Å². The molecular formula is C9H10O4. The van der Waals surface area contributed by atoms with Crippen molar-refractivity contribution in [3.63, 3.8) is 0 Å². The average molecular weight is 182 g/mol. The van der Waals surface area contributed by atoms with E-state index in [1.807, 2.05) is 0 Å². The number of furan rings is 1. The van der Waals surface area contributed by atoms with Gasteiger partial charge in [0, 0.05) is 7.11 Å². The highest BCUT2D eigenvalue weighted by molar-refractivity contribution is 6.08. The zero-order valence-electron chi connectivity index (χ0n) is 7.28. The van der Waals surface area contributed by atoms with Gasteiger partial charge in [0.15, 0.2) is 11.6 Å². The maximum absolute atomic E-state index is 11.3. The number of ether oxygens (including phenoxy) is 1. The van der Waals surface area contributed by atoms with Crippen LogP contribution in [0.15, 0.2) is 23.0 Å². The molecule has 0 N–H and O–H groups in total. The molecule has 4 heteroatoms. The van der Waals surface area contributed by atoms with E-state index < -0.39 is 0 Å². The van der Waals surface area contributed by atoms with E-state index in [1.54, 1.807) is 0 Å². The number of rotatable bonds is 5. The van der Waals surface area contributed by atoms with Gasteiger partial charge in [0.05, 0.1) is 18.2 Å². The number of carbonyl (C=O) groups is 2. The van der Waals surface area contributed by atoms with Crippen LogP contribution in [0.25, 0.3) is 0 Å². The summed E-state index contributed by atoms with van der Waals surface area (Å²) in [5.41, 5.74) is 0.421. The van der Waals surface area contributed by atoms with E-state index in [0.29, 0.717) is 5.56 Å². The zero-order valence-corrected chi connectivity index (χ0v) is 7.28. The quantitative estimate of drug-likeness (QED) is 0.504. The van der Waals surface area contributed by atoms with Crippen molar-refractivity contribution in [1.29, 1.82) is 0 Å². The Morgan fingerprint density at radius 2 is 2.31 bits per heavy atom. The molecule has 0 amide bonds. The predicted molar refractivity (Wildman–Crippen MR) is 44.5 cm³/mol. The molecule has 0 fully saturated rings. The van der Waals surface area contributed by atoms with Crippen molar-refractivity contribution in [2.45, 2.75) is 6.42 Å². The third-order valence-electron chi connectivity index (χ3n) is 1.51. The van der Waals surface area contributed by atoms with E-state index in [9.17, 15) is 9.59 Å². The van der Waals surface area contributed by atoms with Gasteiger partial charge in [0.25, 0.3) is 0 Å². The molecule has 0 atom stereocenters. The topological polar surface area (TPSA) is 56.5 Å². The fourth-order valence-electron chi connectivity index (χ4n) is 0.916. The number of methoxy groups -OCH3 is 1. The molecular weight excluding hydrogens is 172 g/mol. The minimum absolute atomic E-state index is 0.0242. The van der Waals surface area contributed by atoms with E-state index >= 15 is 0 Å². The van der Waals surface area contributed by atoms with Crippen molar-refractivity contribution in [3.05, 3.63) is 24.2 Å². The Hall–Kier alpha value is -1.42. The van der Waals surface area contributed by atoms with Crippen LogP contribution in [0.5, 0.6) is 0 Å². The summed E-state index contributed by atoms with van der Waals surface area (Å²) in [6.07, 6.45) is 2.59. The molecule has 0 aliphatic rings. The minimum atomic E-state index is -0.240. The van der Waals surface area contributed by atoms with E-state index in [4.69, 9.17) is 4.42 Å². The first-order chi connectivity index (χ1) is 6.24. The molecule has 70 valence electrons. The average Bonchev–Trinajstić information content (AvgIpc) is 2.55. The largest absolute Gasteiger partial charge is 0.472 e. The molecule has 0 saturated heterocycles. The third-order valence-corrected chi connectivity index (χ3v) is 1.51. The molecule has 0 radical (unpaired) electrons. The molecule has 0 aromatic carbocycles. The zero-order chi connectivity index (χ0) is 9.68. The van der Waals surface area contributed by atoms with E-state index in [0.717, 1.165) is 0 Å². The maximum atomic E-state index is 11.3. The summed E-state index contributed by atoms with van der Waals surface area (Å²) in [5.74, 6) is -0.468. The van der Waals surface area contributed by atoms with Crippen LogP contribution in [0.3, 0.4) is 0 Å². The lowest BCUT2D eigenvalue weighted by atomic mass is 10.1. The first-order valence-electron chi connectivity index (χ1n) is 3.80. The van der Waals surface area contributed by atoms with Gasteiger partial charge in [0.2, 0.25) is 0 Å². The fourth-order valence-corrected chi connectivity index (χ4v) is 0.916. The Balaban J connectivity index is 2.47. The van der Waals surface area contributed by atoms with Crippen LogP contribution in [0.1, 0.15) is 16.8 Å². The Morgan fingerprint density at radius 1 is 1.54 bits per heavy atom. The highest BCUT2D eigenvalue weighted by atomic mass is 16.5. The Labute approximate surface area is 75.5 Å². The second kappa shape index (κ2) is 4.57. The Bertz CT molecular complexity index is 287. The standard InChI is InChI=1S/C9H10O4/c1-12-6-8(10)4-9(11)7-2-3-13-5-7/h2-3,5H,4,6H2,1H3. The van der Waals surface area contributed by atoms with Gasteiger partial charge in [-0.15, -0.1) is 0 Å². The lowest BCUT2D eigenvalue weighted by molar-refractivity contribution is -0.121. The number of ketones is 2. The second-order valence-corrected chi connectivity index (χ2v) is 2.58. The molecule has 13 heavy (non-hydrogen) atoms. The highest BCUT2D eigenvalue weighted by Crippen LogP contribution is 2.04. The second-order valence-electron chi connectivity index (χ2n) is 2.58. The summed E-state index contributed by atoms with van der Waals surface area (Å²) in [4.78, 5) is 22.2. The Morgan fingerprint density at radius 3 is 2.85 bits per heavy atom. The summed E-state index contributed by atoms with van der Waals surface area (Å²) in [5, 5.41) is 0. The summed E-state index contributed by atoms with van der Waals surface area (Å²) >= 11 is 0. The molecule has 0 aliphatic heterocycles. The highest BCUT2D eigenvalue weighted by Gasteiger charge is 2.11. The van der Waals surface area contributed by atoms with E-state index in [-0.39, 0.29) is 24.6 Å². The van der Waals surface area contributed by atoms with Crippen LogP contribution >= 0.6 is 0 Å². The molecule has 0 spiro atoms. The van der Waals surface area contributed by atoms with Crippen LogP contribution in [-0.2, 0) is 9.53 Å². The SMILES string of the molecule is COCC(=O)CC(=O)c1ccoc1. The maximum Gasteiger partial charge on any atom is 0.173 e. The summed E-state index contributed by atoms with van der Waals surface area (Å²) in [6.45, 7) is -0.0242. The molecule has 1 aromatic rings. The summed E-state index contributed by atoms with van der Waals surface area (Å²) < 4.78 is 9.31. The van der Waals surface area contributed by atoms with Gasteiger partial charge in [-0.3, -0.25) is 9.59 Å². The summed E-state index contributed by atoms with van der Waals surface area (Å²) in [7, 11) is 1.42. The molecule has 1 heterocycles. The minimum Gasteiger partial charge on any atom is -0.472 e. The van der Waals surface area contributed by atoms with Gasteiger partial charge in [-0.1, -0.05) is 0 Å². The monoisotopic (exact) mass is 182 g/mol. The number of hydrogen-bond acceptors (Lipinski definition) is 4. The molecule has 1 aromatic heterocycles. The lowest BCUT2D eigenvalue weighted by Crippen LogP contribution is -2.12. The van der Waals surface area contributed by atoms with Gasteiger partial charge in [-0.2, -0.15) is 0 Å². The molecule has 0 bridgehead atoms. The Kier molecular flexibility index (Phi) is 3.40. The van der Waals surface area contributed by atoms with Crippen LogP contribution in [0.2, 0.25) is 0 Å². The molecule has 4 nitrogen and oxygen atoms in total. The van der Waals surface area contributed by atoms with Gasteiger partial charge in [-0.05, 0) is 6.07 Å². The normalized spacial score (nSPS) is 9.92. The van der Waals surface area contributed by atoms with Gasteiger partial charge in [0.1, 0.15) is 12.9 Å². The van der Waals surface area contributed by atoms with Gasteiger partial charge < -0.3 is 9.15 Å². The lowest BCUT2D eigenvalue weighted by Gasteiger charge is -1.96. The van der Waals surface area contributed by atoms with Crippen LogP contribution in [0.4, 0.5) is 0 Å². The van der Waals surface area contributed by atoms with Crippen molar-refractivity contribution < 1.29 is 18.7 Å². The van der Waals surface area contributed by atoms with Gasteiger partial charge in [-0.25, -0.2) is 0 Å². The van der Waals surface area contributed by atoms with Crippen molar-refractivity contribution >= 4 is 11.6 Å². The summed E-state index contributed by atoms with van der Waals surface area (Å²) in [6, 6.07) is 1.53. The number of Topliss-reactive ketones (excluding diaryl/α,β-unsaturated/α-hetero) is 2. The van der Waals surface area contributed by atoms with Crippen LogP contribution in [-0.4, -0.2) is 25.3 Å². The van der Waals surface area contributed by atoms with Crippen LogP contribution < -0.4 is 0 Å². The molecule has 0 aliphatic carbocycles. The molecule has 0 saturated carbocycles. The van der Waals surface area contributed by atoms with E-state index in [1.165, 1.54) is 25.7 Å². The number of carbonyl (C=O) groups excluding carboxylic acids is 2. The van der Waals surface area contributed by atoms with Crippen molar-refractivity contribution in [1.82, 2.24) is 0 Å². The number of hydrogen-bond donors (Lipinski definition) is 0. The van der Waals surface area contributed by atoms with Crippen LogP contribution in [0, 0.1) is 0 Å². The first kappa shape index (κ1) is 9.67. The smallest absolute Gasteiger partial charge is 0.173 e. The van der Waals surface area contributed by atoms with Crippen molar-refractivity contribution in [2.24, 2.45) is 0 Å². The van der Waals surface area contributed by atoms with Gasteiger partial charge >= 0.3 is 0 Å². The van der Waals surface area contributed by atoms with E-state index in [2.05, 4.69) is 4.74 Å². The first-order valence-corrected chi connectivity index (χ1v) is 3.80. The predicted octanol–water partition coefficient (Wildman–Crippen LogP) is 1.07. The third kappa shape index (κ3) is 2.83. The van der Waals surface area contributed by atoms with Crippen molar-refractivity contribution in [3.8, 4) is 0 Å². The molecule has 0 unspecified atom stereocenters. The fraction of sp³-hybridized carbons (Fsp3) is 0.333.